The van der Waals surface area contributed by atoms with Gasteiger partial charge in [0.1, 0.15) is 5.75 Å². The van der Waals surface area contributed by atoms with E-state index >= 15 is 8.78 Å². The highest BCUT2D eigenvalue weighted by atomic mass is 28.4. The Morgan fingerprint density at radius 1 is 0.979 bits per heavy atom. The number of alkyl halides is 2. The molecule has 2 aromatic rings. The van der Waals surface area contributed by atoms with Gasteiger partial charge in [0.15, 0.2) is 6.10 Å². The molecule has 2 atom stereocenters. The lowest BCUT2D eigenvalue weighted by Crippen LogP contribution is -2.43. The second kappa shape index (κ2) is 17.0. The maximum Gasteiger partial charge on any atom is 0.312 e. The van der Waals surface area contributed by atoms with Crippen LogP contribution in [0.5, 0.6) is 5.75 Å². The zero-order valence-corrected chi connectivity index (χ0v) is 29.7. The highest BCUT2D eigenvalue weighted by Crippen LogP contribution is 2.38. The summed E-state index contributed by atoms with van der Waals surface area (Å²) < 4.78 is 48.4. The zero-order chi connectivity index (χ0) is 34.7. The first-order valence-electron chi connectivity index (χ1n) is 16.7. The van der Waals surface area contributed by atoms with Gasteiger partial charge < -0.3 is 18.8 Å². The van der Waals surface area contributed by atoms with Crippen LogP contribution >= 0.6 is 0 Å². The average molecular weight is 672 g/mol. The number of carbonyl (C=O) groups is 3. The maximum atomic E-state index is 15.8. The molecule has 1 amide bonds. The van der Waals surface area contributed by atoms with E-state index in [2.05, 4.69) is 33.9 Å². The molecular weight excluding hydrogens is 620 g/mol. The van der Waals surface area contributed by atoms with Gasteiger partial charge in [-0.2, -0.15) is 8.78 Å². The van der Waals surface area contributed by atoms with Crippen molar-refractivity contribution in [1.29, 1.82) is 0 Å². The molecular formula is C37H51F2NO6Si. The van der Waals surface area contributed by atoms with Gasteiger partial charge in [-0.3, -0.25) is 14.4 Å². The number of hydrogen-bond donors (Lipinski definition) is 0. The molecule has 1 fully saturated rings. The zero-order valence-electron chi connectivity index (χ0n) is 28.7. The normalized spacial score (nSPS) is 16.4. The van der Waals surface area contributed by atoms with Gasteiger partial charge in [-0.1, -0.05) is 82.2 Å². The van der Waals surface area contributed by atoms with Crippen LogP contribution in [0.4, 0.5) is 8.78 Å². The number of esters is 2. The average Bonchev–Trinajstić information content (AvgIpc) is 3.36. The van der Waals surface area contributed by atoms with E-state index in [0.29, 0.717) is 50.1 Å². The van der Waals surface area contributed by atoms with E-state index in [9.17, 15) is 14.4 Å². The van der Waals surface area contributed by atoms with Crippen LogP contribution in [0.25, 0.3) is 0 Å². The Balaban J connectivity index is 1.67. The molecule has 1 aliphatic rings. The lowest BCUT2D eigenvalue weighted by atomic mass is 10.0. The van der Waals surface area contributed by atoms with Crippen LogP contribution in [0, 0.1) is 0 Å². The molecule has 3 rings (SSSR count). The minimum Gasteiger partial charge on any atom is -0.544 e. The summed E-state index contributed by atoms with van der Waals surface area (Å²) in [4.78, 5) is 38.9. The maximum absolute atomic E-state index is 15.8. The molecule has 47 heavy (non-hydrogen) atoms. The number of halogens is 2. The number of hydrogen-bond acceptors (Lipinski definition) is 6. The van der Waals surface area contributed by atoms with Gasteiger partial charge >= 0.3 is 17.9 Å². The first kappa shape index (κ1) is 37.9. The van der Waals surface area contributed by atoms with Gasteiger partial charge in [-0.25, -0.2) is 0 Å². The molecule has 10 heteroatoms. The summed E-state index contributed by atoms with van der Waals surface area (Å²) in [5, 5.41) is 0.0250. The fourth-order valence-corrected chi connectivity index (χ4v) is 6.18. The quantitative estimate of drug-likeness (QED) is 0.0728. The molecule has 0 saturated carbocycles. The second-order valence-corrected chi connectivity index (χ2v) is 18.4. The van der Waals surface area contributed by atoms with Crippen molar-refractivity contribution in [3.8, 4) is 5.75 Å². The Hall–Kier alpha value is -3.53. The predicted octanol–water partition coefficient (Wildman–Crippen LogP) is 8.38. The van der Waals surface area contributed by atoms with Crippen LogP contribution in [-0.4, -0.2) is 56.4 Å². The Bertz CT molecular complexity index is 1340. The number of unbranched alkanes of at least 4 members (excludes halogenated alkanes) is 3. The van der Waals surface area contributed by atoms with Crippen LogP contribution in [0.1, 0.15) is 83.8 Å². The predicted molar refractivity (Wildman–Crippen MR) is 182 cm³/mol. The molecule has 0 spiro atoms. The molecule has 0 unspecified atom stereocenters. The van der Waals surface area contributed by atoms with Gasteiger partial charge in [0.25, 0.3) is 0 Å². The smallest absolute Gasteiger partial charge is 0.312 e. The van der Waals surface area contributed by atoms with E-state index in [0.717, 1.165) is 19.3 Å². The molecule has 0 N–H and O–H groups in total. The number of nitrogens with zero attached hydrogens (tertiary/aromatic N) is 1. The summed E-state index contributed by atoms with van der Waals surface area (Å²) in [7, 11) is -2.04. The van der Waals surface area contributed by atoms with Gasteiger partial charge in [0.05, 0.1) is 19.1 Å². The Morgan fingerprint density at radius 2 is 1.64 bits per heavy atom. The Kier molecular flexibility index (Phi) is 13.7. The van der Waals surface area contributed by atoms with Crippen molar-refractivity contribution in [2.75, 3.05) is 13.2 Å². The molecule has 1 saturated heterocycles. The first-order valence-corrected chi connectivity index (χ1v) is 19.6. The summed E-state index contributed by atoms with van der Waals surface area (Å²) in [6.45, 7) is 13.4. The lowest BCUT2D eigenvalue weighted by Gasteiger charge is -2.36. The van der Waals surface area contributed by atoms with E-state index in [1.807, 2.05) is 0 Å². The van der Waals surface area contributed by atoms with E-state index in [1.54, 1.807) is 48.2 Å². The summed E-state index contributed by atoms with van der Waals surface area (Å²) in [5.74, 6) is -3.82. The molecule has 0 aromatic heterocycles. The number of benzene rings is 2. The van der Waals surface area contributed by atoms with Crippen molar-refractivity contribution >= 4 is 26.2 Å². The number of likely N-dealkylation sites (tertiary alicyclic amines) is 1. The van der Waals surface area contributed by atoms with Gasteiger partial charge in [0, 0.05) is 24.9 Å². The lowest BCUT2D eigenvalue weighted by molar-refractivity contribution is -0.167. The molecule has 2 aromatic carbocycles. The van der Waals surface area contributed by atoms with Crippen LogP contribution < -0.4 is 4.43 Å². The standard InChI is InChI=1S/C37H51F2NO6Si/c1-7-44-34(42)17-13-8-9-14-26-40-30(21-25-33(40)41)20-24-32(37(38,39)29-15-11-10-12-16-29)45-35(43)27-28-18-22-31(23-19-28)46-47(5,6)36(2,3)4/h10-12,15-16,18-20,22-24,30,32H,7-9,13-14,17,21,25-27H2,1-6H3/b24-20+/t30-,32+/m0/s1. The molecule has 0 radical (unpaired) electrons. The van der Waals surface area contributed by atoms with Crippen molar-refractivity contribution in [3.63, 3.8) is 0 Å². The molecule has 0 bridgehead atoms. The SMILES string of the molecule is CCOC(=O)CCCCCCN1C(=O)CC[C@@H]1/C=C/[C@@H](OC(=O)Cc1ccc(O[Si](C)(C)C(C)(C)C)cc1)C(F)(F)c1ccccc1. The second-order valence-electron chi connectivity index (χ2n) is 13.6. The van der Waals surface area contributed by atoms with Crippen molar-refractivity contribution < 1.29 is 37.1 Å². The molecule has 1 heterocycles. The largest absolute Gasteiger partial charge is 0.544 e. The topological polar surface area (TPSA) is 82.1 Å². The van der Waals surface area contributed by atoms with E-state index in [-0.39, 0.29) is 34.9 Å². The van der Waals surface area contributed by atoms with Crippen molar-refractivity contribution in [2.24, 2.45) is 0 Å². The third-order valence-electron chi connectivity index (χ3n) is 8.94. The monoisotopic (exact) mass is 671 g/mol. The third-order valence-corrected chi connectivity index (χ3v) is 13.3. The first-order chi connectivity index (χ1) is 22.1. The Labute approximate surface area is 279 Å². The van der Waals surface area contributed by atoms with Crippen LogP contribution in [0.3, 0.4) is 0 Å². The van der Waals surface area contributed by atoms with E-state index in [1.165, 1.54) is 30.3 Å². The molecule has 1 aliphatic heterocycles. The number of amides is 1. The van der Waals surface area contributed by atoms with Gasteiger partial charge in [-0.15, -0.1) is 0 Å². The molecule has 7 nitrogen and oxygen atoms in total. The van der Waals surface area contributed by atoms with Gasteiger partial charge in [0.2, 0.25) is 14.2 Å². The third kappa shape index (κ3) is 11.3. The highest BCUT2D eigenvalue weighted by Gasteiger charge is 2.43. The van der Waals surface area contributed by atoms with Crippen molar-refractivity contribution in [1.82, 2.24) is 4.90 Å². The number of rotatable bonds is 17. The molecule has 258 valence electrons. The van der Waals surface area contributed by atoms with Crippen LogP contribution in [-0.2, 0) is 36.2 Å². The summed E-state index contributed by atoms with van der Waals surface area (Å²) in [6, 6.07) is 14.0. The number of carbonyl (C=O) groups excluding carboxylic acids is 3. The van der Waals surface area contributed by atoms with E-state index < -0.39 is 26.3 Å². The fourth-order valence-electron chi connectivity index (χ4n) is 5.15. The fraction of sp³-hybridized carbons (Fsp3) is 0.541. The minimum atomic E-state index is -3.50. The summed E-state index contributed by atoms with van der Waals surface area (Å²) in [6.07, 6.45) is 5.07. The van der Waals surface area contributed by atoms with Gasteiger partial charge in [-0.05, 0) is 68.1 Å². The van der Waals surface area contributed by atoms with Crippen molar-refractivity contribution in [2.45, 2.75) is 115 Å². The van der Waals surface area contributed by atoms with E-state index in [4.69, 9.17) is 13.9 Å². The Morgan fingerprint density at radius 3 is 2.28 bits per heavy atom. The highest BCUT2D eigenvalue weighted by molar-refractivity contribution is 6.74. The van der Waals surface area contributed by atoms with Crippen LogP contribution in [0.15, 0.2) is 66.7 Å². The van der Waals surface area contributed by atoms with Crippen LogP contribution in [0.2, 0.25) is 18.1 Å². The minimum absolute atomic E-state index is 0.0250. The number of ether oxygens (including phenoxy) is 2. The van der Waals surface area contributed by atoms with Crippen molar-refractivity contribution in [3.05, 3.63) is 77.9 Å². The summed E-state index contributed by atoms with van der Waals surface area (Å²) in [5.41, 5.74) is 0.356. The molecule has 0 aliphatic carbocycles. The summed E-state index contributed by atoms with van der Waals surface area (Å²) >= 11 is 0.